The van der Waals surface area contributed by atoms with Gasteiger partial charge in [0.2, 0.25) is 0 Å². The third-order valence-electron chi connectivity index (χ3n) is 4.60. The second-order valence-corrected chi connectivity index (χ2v) is 6.09. The van der Waals surface area contributed by atoms with Crippen LogP contribution in [0.3, 0.4) is 0 Å². The number of piperazine rings is 1. The van der Waals surface area contributed by atoms with Crippen molar-refractivity contribution >= 4 is 5.97 Å². The van der Waals surface area contributed by atoms with Gasteiger partial charge in [0.25, 0.3) is 0 Å². The summed E-state index contributed by atoms with van der Waals surface area (Å²) in [6.45, 7) is 5.77. The van der Waals surface area contributed by atoms with Gasteiger partial charge in [0, 0.05) is 39.1 Å². The number of benzene rings is 1. The predicted octanol–water partition coefficient (Wildman–Crippen LogP) is 2.36. The first-order valence-electron chi connectivity index (χ1n) is 7.97. The van der Waals surface area contributed by atoms with E-state index in [0.717, 1.165) is 32.1 Å². The van der Waals surface area contributed by atoms with Crippen LogP contribution in [0.4, 0.5) is 0 Å². The molecule has 1 aromatic rings. The van der Waals surface area contributed by atoms with Gasteiger partial charge in [0.15, 0.2) is 0 Å². The van der Waals surface area contributed by atoms with Crippen LogP contribution in [0.15, 0.2) is 24.3 Å². The lowest BCUT2D eigenvalue weighted by atomic mass is 9.76. The predicted molar refractivity (Wildman–Crippen MR) is 82.3 cm³/mol. The molecule has 1 heterocycles. The molecule has 1 aliphatic carbocycles. The Labute approximate surface area is 126 Å². The van der Waals surface area contributed by atoms with Crippen LogP contribution < -0.4 is 10.1 Å². The fourth-order valence-corrected chi connectivity index (χ4v) is 3.42. The van der Waals surface area contributed by atoms with Crippen molar-refractivity contribution < 1.29 is 9.53 Å². The number of carbonyl (C=O) groups excluding carboxylic acids is 1. The smallest absolute Gasteiger partial charge is 0.308 e. The van der Waals surface area contributed by atoms with Crippen LogP contribution in [-0.4, -0.2) is 37.0 Å². The first-order chi connectivity index (χ1) is 10.2. The fraction of sp³-hybridized carbons (Fsp3) is 0.588. The van der Waals surface area contributed by atoms with Gasteiger partial charge in [-0.2, -0.15) is 0 Å². The molecule has 1 aliphatic heterocycles. The van der Waals surface area contributed by atoms with Gasteiger partial charge in [0.1, 0.15) is 5.75 Å². The summed E-state index contributed by atoms with van der Waals surface area (Å²) in [5, 5.41) is 3.42. The van der Waals surface area contributed by atoms with E-state index in [1.807, 2.05) is 18.2 Å². The number of esters is 1. The van der Waals surface area contributed by atoms with Crippen molar-refractivity contribution in [2.75, 3.05) is 26.2 Å². The van der Waals surface area contributed by atoms with E-state index < -0.39 is 0 Å². The van der Waals surface area contributed by atoms with Crippen LogP contribution >= 0.6 is 0 Å². The van der Waals surface area contributed by atoms with E-state index >= 15 is 0 Å². The van der Waals surface area contributed by atoms with Crippen molar-refractivity contribution in [3.63, 3.8) is 0 Å². The Hall–Kier alpha value is -1.39. The summed E-state index contributed by atoms with van der Waals surface area (Å²) in [7, 11) is 0. The van der Waals surface area contributed by atoms with E-state index in [0.29, 0.717) is 11.8 Å². The van der Waals surface area contributed by atoms with Crippen LogP contribution in [-0.2, 0) is 4.79 Å². The fourth-order valence-electron chi connectivity index (χ4n) is 3.42. The molecule has 1 N–H and O–H groups in total. The SMILES string of the molecule is CC(=O)Oc1cccc([C@H](C2CCC2)N2CCNCC2)c1. The summed E-state index contributed by atoms with van der Waals surface area (Å²) >= 11 is 0. The van der Waals surface area contributed by atoms with Crippen LogP contribution in [0.5, 0.6) is 5.75 Å². The summed E-state index contributed by atoms with van der Waals surface area (Å²) in [6.07, 6.45) is 3.97. The Morgan fingerprint density at radius 2 is 2.10 bits per heavy atom. The molecule has 21 heavy (non-hydrogen) atoms. The van der Waals surface area contributed by atoms with E-state index in [2.05, 4.69) is 16.3 Å². The van der Waals surface area contributed by atoms with E-state index in [1.54, 1.807) is 0 Å². The van der Waals surface area contributed by atoms with Crippen molar-refractivity contribution in [2.24, 2.45) is 5.92 Å². The monoisotopic (exact) mass is 288 g/mol. The number of carbonyl (C=O) groups is 1. The summed E-state index contributed by atoms with van der Waals surface area (Å²) < 4.78 is 5.25. The standard InChI is InChI=1S/C17H24N2O2/c1-13(20)21-16-7-3-6-15(12-16)17(14-4-2-5-14)19-10-8-18-9-11-19/h3,6-7,12,14,17-18H,2,4-5,8-11H2,1H3/t17-/m0/s1. The summed E-state index contributed by atoms with van der Waals surface area (Å²) in [5.74, 6) is 1.16. The zero-order valence-corrected chi connectivity index (χ0v) is 12.7. The maximum Gasteiger partial charge on any atom is 0.308 e. The molecule has 2 aliphatic rings. The molecule has 4 heteroatoms. The number of nitrogens with one attached hydrogen (secondary N) is 1. The van der Waals surface area contributed by atoms with Gasteiger partial charge in [-0.3, -0.25) is 9.69 Å². The number of hydrogen-bond donors (Lipinski definition) is 1. The quantitative estimate of drug-likeness (QED) is 0.682. The van der Waals surface area contributed by atoms with Crippen molar-refractivity contribution in [3.05, 3.63) is 29.8 Å². The van der Waals surface area contributed by atoms with Gasteiger partial charge in [-0.1, -0.05) is 18.6 Å². The maximum absolute atomic E-state index is 11.2. The Balaban J connectivity index is 1.83. The molecule has 4 nitrogen and oxygen atoms in total. The van der Waals surface area contributed by atoms with E-state index in [4.69, 9.17) is 4.74 Å². The molecular weight excluding hydrogens is 264 g/mol. The lowest BCUT2D eigenvalue weighted by molar-refractivity contribution is -0.131. The molecule has 0 bridgehead atoms. The molecule has 0 radical (unpaired) electrons. The molecule has 1 aromatic carbocycles. The molecule has 114 valence electrons. The molecule has 3 rings (SSSR count). The Kier molecular flexibility index (Phi) is 4.56. The van der Waals surface area contributed by atoms with Crippen molar-refractivity contribution in [1.82, 2.24) is 10.2 Å². The normalized spacial score (nSPS) is 21.6. The molecule has 2 fully saturated rings. The Bertz CT molecular complexity index is 493. The lowest BCUT2D eigenvalue weighted by Crippen LogP contribution is -2.47. The van der Waals surface area contributed by atoms with Gasteiger partial charge >= 0.3 is 5.97 Å². The van der Waals surface area contributed by atoms with Crippen LogP contribution in [0.1, 0.15) is 37.8 Å². The first-order valence-corrected chi connectivity index (χ1v) is 7.97. The minimum absolute atomic E-state index is 0.255. The number of rotatable bonds is 4. The number of hydrogen-bond acceptors (Lipinski definition) is 4. The average Bonchev–Trinajstić information content (AvgIpc) is 2.43. The molecule has 0 spiro atoms. The maximum atomic E-state index is 11.2. The summed E-state index contributed by atoms with van der Waals surface area (Å²) in [4.78, 5) is 13.7. The average molecular weight is 288 g/mol. The van der Waals surface area contributed by atoms with Crippen LogP contribution in [0.2, 0.25) is 0 Å². The van der Waals surface area contributed by atoms with Gasteiger partial charge < -0.3 is 10.1 Å². The molecule has 1 saturated carbocycles. The third-order valence-corrected chi connectivity index (χ3v) is 4.60. The lowest BCUT2D eigenvalue weighted by Gasteiger charge is -2.43. The van der Waals surface area contributed by atoms with E-state index in [9.17, 15) is 4.79 Å². The number of nitrogens with zero attached hydrogens (tertiary/aromatic N) is 1. The van der Waals surface area contributed by atoms with Crippen molar-refractivity contribution in [3.8, 4) is 5.75 Å². The van der Waals surface area contributed by atoms with E-state index in [1.165, 1.54) is 31.7 Å². The third kappa shape index (κ3) is 3.44. The topological polar surface area (TPSA) is 41.6 Å². The van der Waals surface area contributed by atoms with Crippen molar-refractivity contribution in [2.45, 2.75) is 32.2 Å². The molecule has 0 unspecified atom stereocenters. The molecule has 0 amide bonds. The summed E-state index contributed by atoms with van der Waals surface area (Å²) in [5.41, 5.74) is 1.29. The first kappa shape index (κ1) is 14.5. The molecule has 0 aromatic heterocycles. The second-order valence-electron chi connectivity index (χ2n) is 6.09. The van der Waals surface area contributed by atoms with Crippen molar-refractivity contribution in [1.29, 1.82) is 0 Å². The largest absolute Gasteiger partial charge is 0.427 e. The van der Waals surface area contributed by atoms with Gasteiger partial charge in [-0.15, -0.1) is 0 Å². The van der Waals surface area contributed by atoms with E-state index in [-0.39, 0.29) is 5.97 Å². The number of ether oxygens (including phenoxy) is 1. The minimum atomic E-state index is -0.255. The summed E-state index contributed by atoms with van der Waals surface area (Å²) in [6, 6.07) is 8.56. The van der Waals surface area contributed by atoms with Crippen LogP contribution in [0, 0.1) is 5.92 Å². The zero-order valence-electron chi connectivity index (χ0n) is 12.7. The highest BCUT2D eigenvalue weighted by Gasteiger charge is 2.33. The Morgan fingerprint density at radius 3 is 2.71 bits per heavy atom. The Morgan fingerprint density at radius 1 is 1.33 bits per heavy atom. The minimum Gasteiger partial charge on any atom is -0.427 e. The highest BCUT2D eigenvalue weighted by molar-refractivity contribution is 5.69. The van der Waals surface area contributed by atoms with Crippen LogP contribution in [0.25, 0.3) is 0 Å². The van der Waals surface area contributed by atoms with Gasteiger partial charge in [-0.05, 0) is 36.5 Å². The molecular formula is C17H24N2O2. The highest BCUT2D eigenvalue weighted by Crippen LogP contribution is 2.42. The van der Waals surface area contributed by atoms with Gasteiger partial charge in [-0.25, -0.2) is 0 Å². The van der Waals surface area contributed by atoms with Gasteiger partial charge in [0.05, 0.1) is 0 Å². The second kappa shape index (κ2) is 6.58. The molecule has 1 atom stereocenters. The zero-order chi connectivity index (χ0) is 14.7. The highest BCUT2D eigenvalue weighted by atomic mass is 16.5. The molecule has 1 saturated heterocycles.